The maximum atomic E-state index is 12.4. The number of carbonyl (C=O) groups is 2. The van der Waals surface area contributed by atoms with Crippen molar-refractivity contribution in [1.29, 1.82) is 0 Å². The van der Waals surface area contributed by atoms with Crippen LogP contribution in [0.3, 0.4) is 0 Å². The summed E-state index contributed by atoms with van der Waals surface area (Å²) in [5.74, 6) is -0.555. The van der Waals surface area contributed by atoms with Crippen LogP contribution in [0.2, 0.25) is 0 Å². The predicted octanol–water partition coefficient (Wildman–Crippen LogP) is -0.573. The van der Waals surface area contributed by atoms with Crippen molar-refractivity contribution in [2.45, 2.75) is 19.2 Å². The van der Waals surface area contributed by atoms with Gasteiger partial charge in [-0.15, -0.1) is 0 Å². The van der Waals surface area contributed by atoms with Gasteiger partial charge in [0.1, 0.15) is 0 Å². The van der Waals surface area contributed by atoms with Gasteiger partial charge in [0.05, 0.1) is 45.7 Å². The lowest BCUT2D eigenvalue weighted by atomic mass is 10.2. The van der Waals surface area contributed by atoms with Crippen LogP contribution >= 0.6 is 0 Å². The molecule has 0 N–H and O–H groups in total. The van der Waals surface area contributed by atoms with E-state index in [0.29, 0.717) is 39.5 Å². The average Bonchev–Trinajstić information content (AvgIpc) is 2.97. The zero-order valence-corrected chi connectivity index (χ0v) is 11.8. The molecule has 3 rings (SSSR count). The third-order valence-electron chi connectivity index (χ3n) is 3.60. The van der Waals surface area contributed by atoms with Crippen molar-refractivity contribution in [1.82, 2.24) is 14.7 Å². The number of fused-ring (bicyclic) bond motifs is 1. The van der Waals surface area contributed by atoms with Crippen molar-refractivity contribution in [2.75, 3.05) is 33.5 Å². The second-order valence-corrected chi connectivity index (χ2v) is 4.93. The van der Waals surface area contributed by atoms with Gasteiger partial charge in [-0.05, 0) is 6.07 Å². The largest absolute Gasteiger partial charge is 0.464 e. The molecule has 0 aliphatic carbocycles. The monoisotopic (exact) mass is 295 g/mol. The minimum atomic E-state index is -0.534. The molecule has 0 unspecified atom stereocenters. The molecule has 21 heavy (non-hydrogen) atoms. The van der Waals surface area contributed by atoms with E-state index in [1.165, 1.54) is 7.11 Å². The number of amides is 1. The Morgan fingerprint density at radius 3 is 2.95 bits per heavy atom. The highest BCUT2D eigenvalue weighted by atomic mass is 16.6. The Labute approximate surface area is 121 Å². The van der Waals surface area contributed by atoms with Crippen molar-refractivity contribution >= 4 is 11.9 Å². The second-order valence-electron chi connectivity index (χ2n) is 4.93. The molecule has 2 aliphatic rings. The van der Waals surface area contributed by atoms with E-state index in [4.69, 9.17) is 9.47 Å². The van der Waals surface area contributed by atoms with E-state index in [1.807, 2.05) is 0 Å². The molecule has 1 aromatic heterocycles. The number of hydrogen-bond donors (Lipinski definition) is 0. The molecule has 2 aliphatic heterocycles. The van der Waals surface area contributed by atoms with Crippen molar-refractivity contribution < 1.29 is 23.8 Å². The molecule has 0 saturated carbocycles. The Morgan fingerprint density at radius 2 is 2.24 bits per heavy atom. The number of rotatable bonds is 2. The summed E-state index contributed by atoms with van der Waals surface area (Å²) in [5.41, 5.74) is 1.07. The van der Waals surface area contributed by atoms with Crippen molar-refractivity contribution in [3.05, 3.63) is 17.5 Å². The summed E-state index contributed by atoms with van der Waals surface area (Å²) < 4.78 is 17.1. The molecule has 1 aromatic rings. The van der Waals surface area contributed by atoms with Gasteiger partial charge in [-0.1, -0.05) is 0 Å². The first-order chi connectivity index (χ1) is 10.2. The Bertz CT molecular complexity index is 550. The summed E-state index contributed by atoms with van der Waals surface area (Å²) in [5, 5.41) is 4.18. The summed E-state index contributed by atoms with van der Waals surface area (Å²) in [4.78, 5) is 25.5. The lowest BCUT2D eigenvalue weighted by Crippen LogP contribution is -2.47. The first-order valence-corrected chi connectivity index (χ1v) is 6.82. The molecule has 0 spiro atoms. The molecule has 1 atom stereocenters. The molecule has 8 nitrogen and oxygen atoms in total. The number of carbonyl (C=O) groups excluding carboxylic acids is 2. The number of methoxy groups -OCH3 is 1. The minimum absolute atomic E-state index is 0.0817. The number of hydrogen-bond acceptors (Lipinski definition) is 6. The number of ether oxygens (including phenoxy) is 3. The van der Waals surface area contributed by atoms with E-state index in [0.717, 1.165) is 5.69 Å². The topological polar surface area (TPSA) is 82.9 Å². The van der Waals surface area contributed by atoms with Gasteiger partial charge in [0.25, 0.3) is 5.91 Å². The number of esters is 1. The smallest absolute Gasteiger partial charge is 0.358 e. The Hall–Kier alpha value is -1.93. The van der Waals surface area contributed by atoms with Crippen LogP contribution in [0.4, 0.5) is 0 Å². The Balaban J connectivity index is 1.70. The molecule has 0 aromatic carbocycles. The van der Waals surface area contributed by atoms with E-state index in [9.17, 15) is 9.59 Å². The van der Waals surface area contributed by atoms with Crippen LogP contribution in [-0.4, -0.2) is 66.1 Å². The molecular formula is C13H17N3O5. The third kappa shape index (κ3) is 2.77. The summed E-state index contributed by atoms with van der Waals surface area (Å²) in [7, 11) is 1.32. The van der Waals surface area contributed by atoms with Crippen LogP contribution in [-0.2, 0) is 32.1 Å². The summed E-state index contributed by atoms with van der Waals surface area (Å²) in [6.07, 6.45) is -0.534. The normalized spacial score (nSPS) is 21.8. The average molecular weight is 295 g/mol. The summed E-state index contributed by atoms with van der Waals surface area (Å²) in [6, 6.07) is 1.66. The second kappa shape index (κ2) is 5.82. The molecular weight excluding hydrogens is 278 g/mol. The molecule has 1 fully saturated rings. The van der Waals surface area contributed by atoms with Gasteiger partial charge in [-0.25, -0.2) is 4.79 Å². The van der Waals surface area contributed by atoms with Gasteiger partial charge in [-0.2, -0.15) is 5.10 Å². The molecule has 3 heterocycles. The molecule has 114 valence electrons. The minimum Gasteiger partial charge on any atom is -0.464 e. The fourth-order valence-electron chi connectivity index (χ4n) is 2.49. The molecule has 8 heteroatoms. The van der Waals surface area contributed by atoms with E-state index >= 15 is 0 Å². The Morgan fingerprint density at radius 1 is 1.38 bits per heavy atom. The van der Waals surface area contributed by atoms with Crippen LogP contribution in [0, 0.1) is 0 Å². The first-order valence-electron chi connectivity index (χ1n) is 6.82. The highest BCUT2D eigenvalue weighted by Crippen LogP contribution is 2.16. The molecule has 0 bridgehead atoms. The summed E-state index contributed by atoms with van der Waals surface area (Å²) in [6.45, 7) is 2.75. The van der Waals surface area contributed by atoms with Gasteiger partial charge in [0.15, 0.2) is 11.8 Å². The van der Waals surface area contributed by atoms with Crippen LogP contribution < -0.4 is 0 Å². The zero-order valence-electron chi connectivity index (χ0n) is 11.8. The maximum Gasteiger partial charge on any atom is 0.358 e. The standard InChI is InChI=1S/C13H17N3O5/c1-19-13(18)10-6-9-7-15(2-3-16(9)14-10)12(17)11-8-20-4-5-21-11/h6,11H,2-5,7-8H2,1H3/t11-/m1/s1. The van der Waals surface area contributed by atoms with Crippen LogP contribution in [0.5, 0.6) is 0 Å². The number of nitrogens with zero attached hydrogens (tertiary/aromatic N) is 3. The fourth-order valence-corrected chi connectivity index (χ4v) is 2.49. The van der Waals surface area contributed by atoms with Gasteiger partial charge in [0.2, 0.25) is 0 Å². The van der Waals surface area contributed by atoms with Crippen molar-refractivity contribution in [2.24, 2.45) is 0 Å². The van der Waals surface area contributed by atoms with E-state index in [2.05, 4.69) is 9.84 Å². The van der Waals surface area contributed by atoms with Crippen molar-refractivity contribution in [3.8, 4) is 0 Å². The van der Waals surface area contributed by atoms with Gasteiger partial charge in [-0.3, -0.25) is 9.48 Å². The van der Waals surface area contributed by atoms with E-state index < -0.39 is 12.1 Å². The SMILES string of the molecule is COC(=O)c1cc2n(n1)CCN(C(=O)[C@H]1COCCO1)C2. The van der Waals surface area contributed by atoms with Gasteiger partial charge >= 0.3 is 5.97 Å². The molecule has 1 saturated heterocycles. The van der Waals surface area contributed by atoms with Gasteiger partial charge in [0, 0.05) is 6.54 Å². The van der Waals surface area contributed by atoms with Crippen LogP contribution in [0.1, 0.15) is 16.2 Å². The van der Waals surface area contributed by atoms with E-state index in [-0.39, 0.29) is 11.6 Å². The fraction of sp³-hybridized carbons (Fsp3) is 0.615. The maximum absolute atomic E-state index is 12.4. The van der Waals surface area contributed by atoms with Crippen LogP contribution in [0.25, 0.3) is 0 Å². The lowest BCUT2D eigenvalue weighted by Gasteiger charge is -2.32. The first kappa shape index (κ1) is 14.0. The predicted molar refractivity (Wildman–Crippen MR) is 69.5 cm³/mol. The Kier molecular flexibility index (Phi) is 3.89. The lowest BCUT2D eigenvalue weighted by molar-refractivity contribution is -0.159. The molecule has 1 amide bonds. The number of aromatic nitrogens is 2. The molecule has 0 radical (unpaired) electrons. The van der Waals surface area contributed by atoms with E-state index in [1.54, 1.807) is 15.6 Å². The third-order valence-corrected chi connectivity index (χ3v) is 3.60. The van der Waals surface area contributed by atoms with Gasteiger partial charge < -0.3 is 19.1 Å². The zero-order chi connectivity index (χ0) is 14.8. The summed E-state index contributed by atoms with van der Waals surface area (Å²) >= 11 is 0. The highest BCUT2D eigenvalue weighted by molar-refractivity contribution is 5.87. The highest BCUT2D eigenvalue weighted by Gasteiger charge is 2.30. The van der Waals surface area contributed by atoms with Crippen molar-refractivity contribution in [3.63, 3.8) is 0 Å². The van der Waals surface area contributed by atoms with Crippen LogP contribution in [0.15, 0.2) is 6.07 Å². The quantitative estimate of drug-likeness (QED) is 0.679.